The van der Waals surface area contributed by atoms with Crippen LogP contribution in [0.4, 0.5) is 16.1 Å². The van der Waals surface area contributed by atoms with E-state index < -0.39 is 0 Å². The molecule has 3 aromatic rings. The van der Waals surface area contributed by atoms with Gasteiger partial charge in [-0.1, -0.05) is 6.07 Å². The standard InChI is InChI=1S/C13H11N5OS2/c1-8-3-2-4-10(15-8)17-13-16-9(7-21-13)11(19)18-12-14-5-6-20-12/h2-7H,1H3,(H,14,18,19)(H,15,16,17). The van der Waals surface area contributed by atoms with E-state index in [0.717, 1.165) is 5.69 Å². The zero-order chi connectivity index (χ0) is 14.7. The molecule has 0 fully saturated rings. The Hall–Kier alpha value is -2.32. The molecule has 0 bridgehead atoms. The summed E-state index contributed by atoms with van der Waals surface area (Å²) in [6.07, 6.45) is 1.64. The number of rotatable bonds is 4. The van der Waals surface area contributed by atoms with Crippen LogP contribution >= 0.6 is 22.7 Å². The summed E-state index contributed by atoms with van der Waals surface area (Å²) >= 11 is 2.72. The lowest BCUT2D eigenvalue weighted by Crippen LogP contribution is -2.12. The Morgan fingerprint density at radius 2 is 2.10 bits per heavy atom. The van der Waals surface area contributed by atoms with E-state index >= 15 is 0 Å². The van der Waals surface area contributed by atoms with Gasteiger partial charge in [0.1, 0.15) is 11.5 Å². The number of carbonyl (C=O) groups is 1. The number of aromatic nitrogens is 3. The lowest BCUT2D eigenvalue weighted by molar-refractivity contribution is 0.102. The molecule has 3 rings (SSSR count). The molecule has 6 nitrogen and oxygen atoms in total. The molecule has 0 aliphatic carbocycles. The highest BCUT2D eigenvalue weighted by molar-refractivity contribution is 7.14. The van der Waals surface area contributed by atoms with Gasteiger partial charge >= 0.3 is 0 Å². The van der Waals surface area contributed by atoms with E-state index in [-0.39, 0.29) is 5.91 Å². The minimum atomic E-state index is -0.272. The van der Waals surface area contributed by atoms with Gasteiger partial charge in [0.25, 0.3) is 5.91 Å². The normalized spacial score (nSPS) is 10.3. The number of hydrogen-bond donors (Lipinski definition) is 2. The van der Waals surface area contributed by atoms with Gasteiger partial charge in [0.05, 0.1) is 0 Å². The maximum atomic E-state index is 12.0. The average molecular weight is 317 g/mol. The van der Waals surface area contributed by atoms with Crippen LogP contribution in [0.1, 0.15) is 16.2 Å². The molecular weight excluding hydrogens is 306 g/mol. The van der Waals surface area contributed by atoms with Crippen molar-refractivity contribution in [2.45, 2.75) is 6.92 Å². The van der Waals surface area contributed by atoms with Crippen molar-refractivity contribution in [3.8, 4) is 0 Å². The molecule has 0 aliphatic heterocycles. The van der Waals surface area contributed by atoms with E-state index in [2.05, 4.69) is 25.6 Å². The van der Waals surface area contributed by atoms with Gasteiger partial charge in [-0.3, -0.25) is 10.1 Å². The Morgan fingerprint density at radius 3 is 2.86 bits per heavy atom. The number of hydrogen-bond acceptors (Lipinski definition) is 7. The second kappa shape index (κ2) is 5.98. The fourth-order valence-corrected chi connectivity index (χ4v) is 2.83. The van der Waals surface area contributed by atoms with Crippen LogP contribution in [0.5, 0.6) is 0 Å². The number of nitrogens with one attached hydrogen (secondary N) is 2. The van der Waals surface area contributed by atoms with Crippen molar-refractivity contribution >= 4 is 44.7 Å². The zero-order valence-corrected chi connectivity index (χ0v) is 12.7. The number of anilines is 3. The summed E-state index contributed by atoms with van der Waals surface area (Å²) < 4.78 is 0. The molecule has 2 N–H and O–H groups in total. The summed E-state index contributed by atoms with van der Waals surface area (Å²) in [4.78, 5) is 24.6. The van der Waals surface area contributed by atoms with Crippen LogP contribution in [-0.4, -0.2) is 20.9 Å². The highest BCUT2D eigenvalue weighted by Gasteiger charge is 2.12. The summed E-state index contributed by atoms with van der Waals surface area (Å²) in [6.45, 7) is 1.92. The first-order valence-electron chi connectivity index (χ1n) is 6.08. The highest BCUT2D eigenvalue weighted by Crippen LogP contribution is 2.21. The van der Waals surface area contributed by atoms with Gasteiger partial charge in [-0.15, -0.1) is 22.7 Å². The first-order chi connectivity index (χ1) is 10.2. The van der Waals surface area contributed by atoms with Crippen molar-refractivity contribution in [1.29, 1.82) is 0 Å². The van der Waals surface area contributed by atoms with Gasteiger partial charge < -0.3 is 5.32 Å². The predicted molar refractivity (Wildman–Crippen MR) is 84.4 cm³/mol. The SMILES string of the molecule is Cc1cccc(Nc2nc(C(=O)Nc3nccs3)cs2)n1. The Bertz CT molecular complexity index is 754. The molecule has 0 saturated heterocycles. The number of nitrogens with zero attached hydrogens (tertiary/aromatic N) is 3. The van der Waals surface area contributed by atoms with Crippen molar-refractivity contribution in [2.24, 2.45) is 0 Å². The third kappa shape index (κ3) is 3.41. The summed E-state index contributed by atoms with van der Waals surface area (Å²) in [7, 11) is 0. The predicted octanol–water partition coefficient (Wildman–Crippen LogP) is 3.30. The van der Waals surface area contributed by atoms with Crippen molar-refractivity contribution < 1.29 is 4.79 Å². The van der Waals surface area contributed by atoms with Gasteiger partial charge in [0, 0.05) is 22.7 Å². The first kappa shape index (κ1) is 13.7. The quantitative estimate of drug-likeness (QED) is 0.772. The molecule has 0 saturated carbocycles. The second-order valence-corrected chi connectivity index (χ2v) is 5.87. The number of amides is 1. The zero-order valence-electron chi connectivity index (χ0n) is 11.0. The molecule has 21 heavy (non-hydrogen) atoms. The number of pyridine rings is 1. The Labute approximate surface area is 128 Å². The summed E-state index contributed by atoms with van der Waals surface area (Å²) in [6, 6.07) is 5.68. The molecule has 0 atom stereocenters. The van der Waals surface area contributed by atoms with Gasteiger partial charge in [0.2, 0.25) is 0 Å². The third-order valence-corrected chi connectivity index (χ3v) is 3.96. The lowest BCUT2D eigenvalue weighted by atomic mass is 10.4. The van der Waals surface area contributed by atoms with Gasteiger partial charge in [-0.05, 0) is 19.1 Å². The van der Waals surface area contributed by atoms with E-state index in [1.54, 1.807) is 17.0 Å². The van der Waals surface area contributed by atoms with E-state index in [0.29, 0.717) is 21.8 Å². The third-order valence-electron chi connectivity index (χ3n) is 2.51. The van der Waals surface area contributed by atoms with Gasteiger partial charge in [-0.25, -0.2) is 15.0 Å². The van der Waals surface area contributed by atoms with Crippen molar-refractivity contribution in [2.75, 3.05) is 10.6 Å². The minimum Gasteiger partial charge on any atom is -0.316 e. The average Bonchev–Trinajstić information content (AvgIpc) is 3.10. The van der Waals surface area contributed by atoms with E-state index in [1.165, 1.54) is 22.7 Å². The van der Waals surface area contributed by atoms with Crippen LogP contribution in [-0.2, 0) is 0 Å². The lowest BCUT2D eigenvalue weighted by Gasteiger charge is -2.01. The molecule has 0 unspecified atom stereocenters. The largest absolute Gasteiger partial charge is 0.316 e. The fraction of sp³-hybridized carbons (Fsp3) is 0.0769. The van der Waals surface area contributed by atoms with Gasteiger partial charge in [-0.2, -0.15) is 0 Å². The molecule has 0 radical (unpaired) electrons. The number of carbonyl (C=O) groups excluding carboxylic acids is 1. The van der Waals surface area contributed by atoms with E-state index in [4.69, 9.17) is 0 Å². The molecule has 3 heterocycles. The molecule has 106 valence electrons. The highest BCUT2D eigenvalue weighted by atomic mass is 32.1. The number of aryl methyl sites for hydroxylation is 1. The summed E-state index contributed by atoms with van der Waals surface area (Å²) in [5, 5.41) is 10.5. The maximum Gasteiger partial charge on any atom is 0.276 e. The van der Waals surface area contributed by atoms with Crippen LogP contribution < -0.4 is 10.6 Å². The Kier molecular flexibility index (Phi) is 3.89. The van der Waals surface area contributed by atoms with E-state index in [9.17, 15) is 4.79 Å². The maximum absolute atomic E-state index is 12.0. The minimum absolute atomic E-state index is 0.272. The monoisotopic (exact) mass is 317 g/mol. The molecular formula is C13H11N5OS2. The summed E-state index contributed by atoms with van der Waals surface area (Å²) in [5.41, 5.74) is 1.27. The molecule has 8 heteroatoms. The fourth-order valence-electron chi connectivity index (χ4n) is 1.60. The van der Waals surface area contributed by atoms with Crippen molar-refractivity contribution in [3.05, 3.63) is 46.5 Å². The second-order valence-electron chi connectivity index (χ2n) is 4.12. The first-order valence-corrected chi connectivity index (χ1v) is 7.84. The smallest absolute Gasteiger partial charge is 0.276 e. The topological polar surface area (TPSA) is 79.8 Å². The molecule has 0 aliphatic rings. The van der Waals surface area contributed by atoms with Crippen LogP contribution in [0.2, 0.25) is 0 Å². The van der Waals surface area contributed by atoms with Crippen LogP contribution in [0.15, 0.2) is 35.2 Å². The molecule has 0 aromatic carbocycles. The Morgan fingerprint density at radius 1 is 1.19 bits per heavy atom. The Balaban J connectivity index is 1.70. The van der Waals surface area contributed by atoms with Crippen LogP contribution in [0.3, 0.4) is 0 Å². The van der Waals surface area contributed by atoms with Crippen molar-refractivity contribution in [3.63, 3.8) is 0 Å². The molecule has 1 amide bonds. The van der Waals surface area contributed by atoms with E-state index in [1.807, 2.05) is 25.1 Å². The number of thiazole rings is 2. The molecule has 3 aromatic heterocycles. The summed E-state index contributed by atoms with van der Waals surface area (Å²) in [5.74, 6) is 0.433. The van der Waals surface area contributed by atoms with Gasteiger partial charge in [0.15, 0.2) is 10.3 Å². The van der Waals surface area contributed by atoms with Crippen molar-refractivity contribution in [1.82, 2.24) is 15.0 Å². The van der Waals surface area contributed by atoms with Crippen LogP contribution in [0, 0.1) is 6.92 Å². The molecule has 0 spiro atoms. The van der Waals surface area contributed by atoms with Crippen LogP contribution in [0.25, 0.3) is 0 Å².